The third-order valence-corrected chi connectivity index (χ3v) is 3.52. The molecule has 3 nitrogen and oxygen atoms in total. The van der Waals surface area contributed by atoms with Crippen molar-refractivity contribution in [1.29, 1.82) is 0 Å². The third kappa shape index (κ3) is 10.6. The molecule has 0 aromatic carbocycles. The van der Waals surface area contributed by atoms with Crippen molar-refractivity contribution in [3.63, 3.8) is 0 Å². The molecule has 0 saturated heterocycles. The number of nitrogens with one attached hydrogen (secondary N) is 2. The molecule has 0 aromatic rings. The Morgan fingerprint density at radius 2 is 1.94 bits per heavy atom. The molecule has 0 rings (SSSR count). The van der Waals surface area contributed by atoms with Crippen molar-refractivity contribution < 1.29 is 4.79 Å². The van der Waals surface area contributed by atoms with Crippen molar-refractivity contribution in [3.05, 3.63) is 0 Å². The first-order chi connectivity index (χ1) is 8.07. The Balaban J connectivity index is 3.47. The van der Waals surface area contributed by atoms with E-state index in [2.05, 4.69) is 31.4 Å². The van der Waals surface area contributed by atoms with Gasteiger partial charge in [0.1, 0.15) is 0 Å². The average molecular weight is 260 g/mol. The van der Waals surface area contributed by atoms with Crippen LogP contribution in [0.25, 0.3) is 0 Å². The lowest BCUT2D eigenvalue weighted by Crippen LogP contribution is -2.43. The normalized spacial score (nSPS) is 12.8. The molecule has 0 fully saturated rings. The minimum atomic E-state index is -0.0752. The molecule has 2 N–H and O–H groups in total. The molecule has 0 bridgehead atoms. The third-order valence-electron chi connectivity index (χ3n) is 2.53. The van der Waals surface area contributed by atoms with Crippen molar-refractivity contribution in [2.24, 2.45) is 5.92 Å². The van der Waals surface area contributed by atoms with Crippen LogP contribution in [0.4, 0.5) is 0 Å². The van der Waals surface area contributed by atoms with Crippen molar-refractivity contribution >= 4 is 17.7 Å². The number of amides is 1. The second-order valence-corrected chi connectivity index (χ2v) is 6.09. The standard InChI is InChI=1S/C13H28N2OS/c1-5-17-10-6-8-14-12(4)13(16)15-9-7-11(2)3/h11-12,14H,5-10H2,1-4H3,(H,15,16). The number of rotatable bonds is 10. The first-order valence-electron chi connectivity index (χ1n) is 6.66. The fraction of sp³-hybridized carbons (Fsp3) is 0.923. The molecule has 1 atom stereocenters. The molecule has 0 aromatic heterocycles. The Labute approximate surface area is 111 Å². The van der Waals surface area contributed by atoms with Gasteiger partial charge in [-0.2, -0.15) is 11.8 Å². The SMILES string of the molecule is CCSCCCNC(C)C(=O)NCCC(C)C. The summed E-state index contributed by atoms with van der Waals surface area (Å²) in [7, 11) is 0. The summed E-state index contributed by atoms with van der Waals surface area (Å²) in [5.41, 5.74) is 0. The maximum atomic E-state index is 11.7. The highest BCUT2D eigenvalue weighted by atomic mass is 32.2. The summed E-state index contributed by atoms with van der Waals surface area (Å²) < 4.78 is 0. The van der Waals surface area contributed by atoms with E-state index in [1.807, 2.05) is 18.7 Å². The Hall–Kier alpha value is -0.220. The largest absolute Gasteiger partial charge is 0.355 e. The molecule has 0 heterocycles. The predicted octanol–water partition coefficient (Wildman–Crippen LogP) is 2.27. The van der Waals surface area contributed by atoms with Crippen molar-refractivity contribution in [1.82, 2.24) is 10.6 Å². The summed E-state index contributed by atoms with van der Waals surface area (Å²) >= 11 is 1.94. The van der Waals surface area contributed by atoms with Crippen molar-refractivity contribution in [3.8, 4) is 0 Å². The van der Waals surface area contributed by atoms with E-state index < -0.39 is 0 Å². The van der Waals surface area contributed by atoms with E-state index in [4.69, 9.17) is 0 Å². The molecule has 17 heavy (non-hydrogen) atoms. The average Bonchev–Trinajstić information content (AvgIpc) is 2.27. The summed E-state index contributed by atoms with van der Waals surface area (Å²) in [6, 6.07) is -0.0752. The first kappa shape index (κ1) is 16.8. The van der Waals surface area contributed by atoms with Crippen LogP contribution < -0.4 is 10.6 Å². The van der Waals surface area contributed by atoms with Crippen molar-refractivity contribution in [2.75, 3.05) is 24.6 Å². The summed E-state index contributed by atoms with van der Waals surface area (Å²) in [4.78, 5) is 11.7. The lowest BCUT2D eigenvalue weighted by atomic mass is 10.1. The van der Waals surface area contributed by atoms with Crippen molar-refractivity contribution in [2.45, 2.75) is 46.6 Å². The summed E-state index contributed by atoms with van der Waals surface area (Å²) in [6.45, 7) is 10.1. The van der Waals surface area contributed by atoms with Gasteiger partial charge in [-0.15, -0.1) is 0 Å². The van der Waals surface area contributed by atoms with Crippen LogP contribution in [0.2, 0.25) is 0 Å². The van der Waals surface area contributed by atoms with Gasteiger partial charge in [-0.3, -0.25) is 4.79 Å². The second-order valence-electron chi connectivity index (χ2n) is 4.70. The molecule has 1 unspecified atom stereocenters. The maximum Gasteiger partial charge on any atom is 0.236 e. The molecule has 102 valence electrons. The van der Waals surface area contributed by atoms with E-state index in [9.17, 15) is 4.79 Å². The second kappa shape index (κ2) is 10.9. The Kier molecular flexibility index (Phi) is 10.8. The molecule has 4 heteroatoms. The van der Waals surface area contributed by atoms with Gasteiger partial charge in [-0.05, 0) is 43.7 Å². The summed E-state index contributed by atoms with van der Waals surface area (Å²) in [6.07, 6.45) is 2.17. The highest BCUT2D eigenvalue weighted by Gasteiger charge is 2.10. The fourth-order valence-corrected chi connectivity index (χ4v) is 2.00. The van der Waals surface area contributed by atoms with E-state index in [1.54, 1.807) is 0 Å². The van der Waals surface area contributed by atoms with Crippen LogP contribution in [0.1, 0.15) is 40.5 Å². The molecule has 0 aliphatic carbocycles. The predicted molar refractivity (Wildman–Crippen MR) is 77.5 cm³/mol. The Bertz CT molecular complexity index is 198. The lowest BCUT2D eigenvalue weighted by Gasteiger charge is -2.14. The smallest absolute Gasteiger partial charge is 0.236 e. The molecule has 0 saturated carbocycles. The van der Waals surface area contributed by atoms with Crippen LogP contribution in [-0.2, 0) is 4.79 Å². The number of hydrogen-bond donors (Lipinski definition) is 2. The minimum absolute atomic E-state index is 0.0752. The van der Waals surface area contributed by atoms with E-state index in [0.717, 1.165) is 25.9 Å². The molecular formula is C13H28N2OS. The van der Waals surface area contributed by atoms with E-state index in [-0.39, 0.29) is 11.9 Å². The van der Waals surface area contributed by atoms with Crippen LogP contribution in [0.3, 0.4) is 0 Å². The van der Waals surface area contributed by atoms with Crippen LogP contribution in [0.15, 0.2) is 0 Å². The van der Waals surface area contributed by atoms with E-state index in [0.29, 0.717) is 5.92 Å². The molecule has 1 amide bonds. The van der Waals surface area contributed by atoms with Crippen LogP contribution in [0, 0.1) is 5.92 Å². The number of carbonyl (C=O) groups is 1. The van der Waals surface area contributed by atoms with Gasteiger partial charge in [0.25, 0.3) is 0 Å². The highest BCUT2D eigenvalue weighted by Crippen LogP contribution is 2.00. The lowest BCUT2D eigenvalue weighted by molar-refractivity contribution is -0.122. The molecule has 0 spiro atoms. The molecule has 0 aliphatic rings. The number of carbonyl (C=O) groups excluding carboxylic acids is 1. The fourth-order valence-electron chi connectivity index (χ4n) is 1.37. The molecule has 0 radical (unpaired) electrons. The summed E-state index contributed by atoms with van der Waals surface area (Å²) in [5.74, 6) is 3.11. The highest BCUT2D eigenvalue weighted by molar-refractivity contribution is 7.99. The summed E-state index contributed by atoms with van der Waals surface area (Å²) in [5, 5.41) is 6.21. The van der Waals surface area contributed by atoms with Gasteiger partial charge < -0.3 is 10.6 Å². The van der Waals surface area contributed by atoms with Crippen LogP contribution in [0.5, 0.6) is 0 Å². The minimum Gasteiger partial charge on any atom is -0.355 e. The maximum absolute atomic E-state index is 11.7. The number of thioether (sulfide) groups is 1. The zero-order valence-electron chi connectivity index (χ0n) is 11.7. The quantitative estimate of drug-likeness (QED) is 0.592. The van der Waals surface area contributed by atoms with Crippen LogP contribution in [-0.4, -0.2) is 36.5 Å². The van der Waals surface area contributed by atoms with Gasteiger partial charge in [0.15, 0.2) is 0 Å². The van der Waals surface area contributed by atoms with Gasteiger partial charge in [-0.1, -0.05) is 20.8 Å². The topological polar surface area (TPSA) is 41.1 Å². The monoisotopic (exact) mass is 260 g/mol. The van der Waals surface area contributed by atoms with Gasteiger partial charge in [0.05, 0.1) is 6.04 Å². The Morgan fingerprint density at radius 1 is 1.24 bits per heavy atom. The van der Waals surface area contributed by atoms with E-state index >= 15 is 0 Å². The number of hydrogen-bond acceptors (Lipinski definition) is 3. The molecular weight excluding hydrogens is 232 g/mol. The van der Waals surface area contributed by atoms with Gasteiger partial charge in [-0.25, -0.2) is 0 Å². The Morgan fingerprint density at radius 3 is 2.53 bits per heavy atom. The van der Waals surface area contributed by atoms with Gasteiger partial charge >= 0.3 is 0 Å². The van der Waals surface area contributed by atoms with Gasteiger partial charge in [0, 0.05) is 6.54 Å². The zero-order valence-corrected chi connectivity index (χ0v) is 12.5. The first-order valence-corrected chi connectivity index (χ1v) is 7.82. The van der Waals surface area contributed by atoms with Crippen LogP contribution >= 0.6 is 11.8 Å². The van der Waals surface area contributed by atoms with Gasteiger partial charge in [0.2, 0.25) is 5.91 Å². The zero-order chi connectivity index (χ0) is 13.1. The molecule has 0 aliphatic heterocycles. The van der Waals surface area contributed by atoms with E-state index in [1.165, 1.54) is 11.5 Å².